The van der Waals surface area contributed by atoms with Gasteiger partial charge in [0.15, 0.2) is 0 Å². The Hall–Kier alpha value is -1.34. The summed E-state index contributed by atoms with van der Waals surface area (Å²) in [4.78, 5) is 35.9. The second kappa shape index (κ2) is 7.02. The summed E-state index contributed by atoms with van der Waals surface area (Å²) in [5.41, 5.74) is -2.41. The van der Waals surface area contributed by atoms with Gasteiger partial charge in [-0.25, -0.2) is 14.4 Å². The van der Waals surface area contributed by atoms with Crippen molar-refractivity contribution >= 4 is 12.4 Å². The molecule has 1 aromatic heterocycles. The first-order valence-electron chi connectivity index (χ1n) is 4.19. The Kier molecular flexibility index (Phi) is 6.39. The quantitative estimate of drug-likeness (QED) is 0.536. The zero-order valence-corrected chi connectivity index (χ0v) is 8.69. The number of ether oxygens (including phenoxy) is 1. The molecule has 0 atom stereocenters. The van der Waals surface area contributed by atoms with Gasteiger partial charge in [-0.1, -0.05) is 0 Å². The van der Waals surface area contributed by atoms with Gasteiger partial charge in [-0.3, -0.25) is 15.0 Å². The van der Waals surface area contributed by atoms with Crippen LogP contribution in [0.5, 0.6) is 0 Å². The summed E-state index contributed by atoms with van der Waals surface area (Å²) in [6, 6.07) is 0. The van der Waals surface area contributed by atoms with Crippen molar-refractivity contribution in [3.05, 3.63) is 31.5 Å². The number of aromatic nitrogens is 3. The third-order valence-electron chi connectivity index (χ3n) is 1.51. The van der Waals surface area contributed by atoms with E-state index in [1.54, 1.807) is 15.0 Å². The van der Waals surface area contributed by atoms with Crippen molar-refractivity contribution in [3.8, 4) is 0 Å². The highest BCUT2D eigenvalue weighted by Crippen LogP contribution is 1.98. The molecular formula is C7H12ClN3O4. The Labute approximate surface area is 90.3 Å². The zero-order chi connectivity index (χ0) is 10.4. The highest BCUT2D eigenvalue weighted by Gasteiger charge is 1.94. The lowest BCUT2D eigenvalue weighted by atomic mass is 10.4. The molecule has 0 radical (unpaired) electrons. The maximum atomic E-state index is 10.2. The number of nitrogens with one attached hydrogen (secondary N) is 3. The van der Waals surface area contributed by atoms with Crippen LogP contribution in [0.4, 0.5) is 0 Å². The van der Waals surface area contributed by atoms with Crippen LogP contribution in [0.3, 0.4) is 0 Å². The Bertz CT molecular complexity index is 344. The summed E-state index contributed by atoms with van der Waals surface area (Å²) in [5, 5.41) is 0. The fourth-order valence-electron chi connectivity index (χ4n) is 0.913. The lowest BCUT2D eigenvalue weighted by Crippen LogP contribution is -2.34. The normalized spacial score (nSPS) is 13.6. The van der Waals surface area contributed by atoms with Crippen molar-refractivity contribution in [3.63, 3.8) is 0 Å². The average Bonchev–Trinajstić information content (AvgIpc) is 2.56. The predicted molar refractivity (Wildman–Crippen MR) is 55.6 cm³/mol. The minimum Gasteiger partial charge on any atom is -0.381 e. The van der Waals surface area contributed by atoms with E-state index in [2.05, 4.69) is 0 Å². The van der Waals surface area contributed by atoms with Gasteiger partial charge in [-0.05, 0) is 12.8 Å². The fraction of sp³-hybridized carbons (Fsp3) is 0.571. The van der Waals surface area contributed by atoms with Crippen LogP contribution < -0.4 is 17.1 Å². The molecule has 0 aromatic carbocycles. The first kappa shape index (κ1) is 13.7. The molecule has 0 aliphatic carbocycles. The minimum atomic E-state index is -0.802. The maximum Gasteiger partial charge on any atom is 0.330 e. The van der Waals surface area contributed by atoms with Crippen molar-refractivity contribution in [2.45, 2.75) is 12.8 Å². The van der Waals surface area contributed by atoms with E-state index in [0.29, 0.717) is 0 Å². The lowest BCUT2D eigenvalue weighted by molar-refractivity contribution is 0.198. The van der Waals surface area contributed by atoms with Crippen molar-refractivity contribution in [1.29, 1.82) is 0 Å². The van der Waals surface area contributed by atoms with Crippen LogP contribution in [0.25, 0.3) is 0 Å². The largest absolute Gasteiger partial charge is 0.381 e. The SMILES string of the molecule is C1CCOC1.Cl.O=c1[nH]c(=O)[nH]c(=O)[nH]1. The summed E-state index contributed by atoms with van der Waals surface area (Å²) in [6.07, 6.45) is 2.56. The van der Waals surface area contributed by atoms with E-state index in [-0.39, 0.29) is 12.4 Å². The van der Waals surface area contributed by atoms with Crippen LogP contribution in [0.2, 0.25) is 0 Å². The number of H-pyrrole nitrogens is 3. The van der Waals surface area contributed by atoms with E-state index in [0.717, 1.165) is 13.2 Å². The van der Waals surface area contributed by atoms with Crippen LogP contribution in [-0.4, -0.2) is 28.2 Å². The van der Waals surface area contributed by atoms with E-state index >= 15 is 0 Å². The molecule has 7 nitrogen and oxygen atoms in total. The van der Waals surface area contributed by atoms with Gasteiger partial charge in [0.05, 0.1) is 0 Å². The smallest absolute Gasteiger partial charge is 0.330 e. The van der Waals surface area contributed by atoms with E-state index in [1.165, 1.54) is 12.8 Å². The van der Waals surface area contributed by atoms with Crippen LogP contribution in [0.15, 0.2) is 14.4 Å². The van der Waals surface area contributed by atoms with Crippen molar-refractivity contribution in [2.24, 2.45) is 0 Å². The fourth-order valence-corrected chi connectivity index (χ4v) is 0.913. The third-order valence-corrected chi connectivity index (χ3v) is 1.51. The molecular weight excluding hydrogens is 226 g/mol. The minimum absolute atomic E-state index is 0. The highest BCUT2D eigenvalue weighted by molar-refractivity contribution is 5.85. The first-order chi connectivity index (χ1) is 6.68. The summed E-state index contributed by atoms with van der Waals surface area (Å²) < 4.78 is 4.94. The van der Waals surface area contributed by atoms with Crippen LogP contribution in [0.1, 0.15) is 12.8 Å². The predicted octanol–water partition coefficient (Wildman–Crippen LogP) is -1.03. The molecule has 1 saturated heterocycles. The molecule has 1 aliphatic heterocycles. The van der Waals surface area contributed by atoms with E-state index in [9.17, 15) is 14.4 Å². The molecule has 1 fully saturated rings. The number of hydrogen-bond donors (Lipinski definition) is 3. The molecule has 0 saturated carbocycles. The zero-order valence-electron chi connectivity index (χ0n) is 7.87. The highest BCUT2D eigenvalue weighted by atomic mass is 35.5. The van der Waals surface area contributed by atoms with Crippen molar-refractivity contribution in [1.82, 2.24) is 15.0 Å². The molecule has 0 unspecified atom stereocenters. The van der Waals surface area contributed by atoms with E-state index in [1.807, 2.05) is 0 Å². The first-order valence-corrected chi connectivity index (χ1v) is 4.19. The summed E-state index contributed by atoms with van der Waals surface area (Å²) in [6.45, 7) is 2.00. The Morgan fingerprint density at radius 3 is 1.33 bits per heavy atom. The van der Waals surface area contributed by atoms with Gasteiger partial charge in [-0.15, -0.1) is 12.4 Å². The van der Waals surface area contributed by atoms with Gasteiger partial charge >= 0.3 is 17.1 Å². The standard InChI is InChI=1S/C4H8O.C3H3N3O3.ClH/c1-2-4-5-3-1;7-1-4-2(8)6-3(9)5-1;/h1-4H2;(H3,4,5,6,7,8,9);1H. The molecule has 1 aromatic rings. The molecule has 0 bridgehead atoms. The van der Waals surface area contributed by atoms with Crippen LogP contribution >= 0.6 is 12.4 Å². The van der Waals surface area contributed by atoms with Crippen molar-refractivity contribution < 1.29 is 4.74 Å². The second-order valence-corrected chi connectivity index (χ2v) is 2.68. The molecule has 2 rings (SSSR count). The molecule has 0 spiro atoms. The topological polar surface area (TPSA) is 108 Å². The van der Waals surface area contributed by atoms with Gasteiger partial charge in [0.1, 0.15) is 0 Å². The average molecular weight is 238 g/mol. The van der Waals surface area contributed by atoms with Gasteiger partial charge in [0, 0.05) is 13.2 Å². The van der Waals surface area contributed by atoms with E-state index < -0.39 is 17.1 Å². The van der Waals surface area contributed by atoms with Crippen LogP contribution in [-0.2, 0) is 4.74 Å². The second-order valence-electron chi connectivity index (χ2n) is 2.68. The Morgan fingerprint density at radius 2 is 1.13 bits per heavy atom. The molecule has 86 valence electrons. The Morgan fingerprint density at radius 1 is 0.800 bits per heavy atom. The van der Waals surface area contributed by atoms with Crippen molar-refractivity contribution in [2.75, 3.05) is 13.2 Å². The molecule has 8 heteroatoms. The van der Waals surface area contributed by atoms with Gasteiger partial charge in [0.25, 0.3) is 0 Å². The van der Waals surface area contributed by atoms with Gasteiger partial charge < -0.3 is 4.74 Å². The molecule has 1 aliphatic rings. The van der Waals surface area contributed by atoms with Gasteiger partial charge in [0.2, 0.25) is 0 Å². The molecule has 15 heavy (non-hydrogen) atoms. The molecule has 0 amide bonds. The number of rotatable bonds is 0. The molecule has 3 N–H and O–H groups in total. The summed E-state index contributed by atoms with van der Waals surface area (Å²) >= 11 is 0. The van der Waals surface area contributed by atoms with Crippen LogP contribution in [0, 0.1) is 0 Å². The van der Waals surface area contributed by atoms with Gasteiger partial charge in [-0.2, -0.15) is 0 Å². The van der Waals surface area contributed by atoms with E-state index in [4.69, 9.17) is 4.74 Å². The number of halogens is 1. The third kappa shape index (κ3) is 5.87. The number of aromatic amines is 3. The summed E-state index contributed by atoms with van der Waals surface area (Å²) in [7, 11) is 0. The lowest BCUT2D eigenvalue weighted by Gasteiger charge is -1.77. The Balaban J connectivity index is 0.000000280. The summed E-state index contributed by atoms with van der Waals surface area (Å²) in [5.74, 6) is 0. The number of hydrogen-bond acceptors (Lipinski definition) is 4. The maximum absolute atomic E-state index is 10.2. The molecule has 2 heterocycles. The monoisotopic (exact) mass is 237 g/mol.